The molecule has 0 aliphatic carbocycles. The molecule has 8 heteroatoms. The number of carbonyl (C=O) groups excluding carboxylic acids is 1. The molecule has 1 N–H and O–H groups in total. The topological polar surface area (TPSA) is 70.6 Å². The number of rotatable bonds is 7. The van der Waals surface area contributed by atoms with E-state index in [0.717, 1.165) is 37.4 Å². The number of carbonyl (C=O) groups is 1. The van der Waals surface area contributed by atoms with Crippen LogP contribution in [0.3, 0.4) is 0 Å². The molecule has 0 bridgehead atoms. The van der Waals surface area contributed by atoms with E-state index in [1.807, 2.05) is 25.1 Å². The maximum Gasteiger partial charge on any atom is 0.258 e. The van der Waals surface area contributed by atoms with Crippen molar-refractivity contribution in [3.63, 3.8) is 0 Å². The number of anilines is 2. The van der Waals surface area contributed by atoms with Crippen LogP contribution in [0.15, 0.2) is 60.7 Å². The molecule has 1 aromatic heterocycles. The third kappa shape index (κ3) is 5.88. The van der Waals surface area contributed by atoms with Gasteiger partial charge < -0.3 is 19.9 Å². The fourth-order valence-corrected chi connectivity index (χ4v) is 3.66. The number of halogens is 1. The number of piperazine rings is 1. The molecule has 0 spiro atoms. The van der Waals surface area contributed by atoms with Crippen LogP contribution in [0.25, 0.3) is 0 Å². The predicted octanol–water partition coefficient (Wildman–Crippen LogP) is 3.46. The molecule has 3 aromatic rings. The molecule has 0 radical (unpaired) electrons. The molecule has 1 aliphatic heterocycles. The summed E-state index contributed by atoms with van der Waals surface area (Å²) in [7, 11) is 0. The number of aryl methyl sites for hydroxylation is 1. The van der Waals surface area contributed by atoms with Crippen LogP contribution in [0.2, 0.25) is 5.02 Å². The van der Waals surface area contributed by atoms with E-state index in [-0.39, 0.29) is 12.5 Å². The lowest BCUT2D eigenvalue weighted by atomic mass is 10.2. The van der Waals surface area contributed by atoms with E-state index in [2.05, 4.69) is 49.4 Å². The van der Waals surface area contributed by atoms with Crippen LogP contribution in [0.4, 0.5) is 11.6 Å². The molecule has 166 valence electrons. The normalized spacial score (nSPS) is 13.7. The Labute approximate surface area is 193 Å². The second kappa shape index (κ2) is 10.3. The number of para-hydroxylation sites is 1. The maximum atomic E-state index is 12.2. The fraction of sp³-hybridized carbons (Fsp3) is 0.292. The summed E-state index contributed by atoms with van der Waals surface area (Å²) in [5.41, 5.74) is 3.00. The summed E-state index contributed by atoms with van der Waals surface area (Å²) in [6.45, 7) is 5.64. The van der Waals surface area contributed by atoms with E-state index >= 15 is 0 Å². The highest BCUT2D eigenvalue weighted by molar-refractivity contribution is 6.30. The highest BCUT2D eigenvalue weighted by Crippen LogP contribution is 2.20. The molecule has 1 amide bonds. The van der Waals surface area contributed by atoms with Gasteiger partial charge in [0.15, 0.2) is 6.61 Å². The summed E-state index contributed by atoms with van der Waals surface area (Å²) in [6, 6.07) is 19.5. The Bertz CT molecular complexity index is 1040. The highest BCUT2D eigenvalue weighted by atomic mass is 35.5. The Morgan fingerprint density at radius 2 is 1.69 bits per heavy atom. The Balaban J connectivity index is 1.30. The second-order valence-electron chi connectivity index (χ2n) is 7.65. The molecular formula is C24H26ClN5O2. The van der Waals surface area contributed by atoms with Gasteiger partial charge in [-0.1, -0.05) is 41.9 Å². The number of aromatic nitrogens is 2. The molecule has 0 atom stereocenters. The lowest BCUT2D eigenvalue weighted by Gasteiger charge is -2.36. The largest absolute Gasteiger partial charge is 0.467 e. The van der Waals surface area contributed by atoms with Gasteiger partial charge in [0.1, 0.15) is 0 Å². The minimum absolute atomic E-state index is 0.106. The Hall–Kier alpha value is -3.32. The third-order valence-corrected chi connectivity index (χ3v) is 5.51. The predicted molar refractivity (Wildman–Crippen MR) is 126 cm³/mol. The van der Waals surface area contributed by atoms with Gasteiger partial charge in [0.2, 0.25) is 11.8 Å². The quantitative estimate of drug-likeness (QED) is 0.593. The zero-order chi connectivity index (χ0) is 22.3. The molecule has 7 nitrogen and oxygen atoms in total. The van der Waals surface area contributed by atoms with Gasteiger partial charge in [0.25, 0.3) is 5.91 Å². The van der Waals surface area contributed by atoms with Crippen molar-refractivity contribution < 1.29 is 9.53 Å². The van der Waals surface area contributed by atoms with Crippen LogP contribution in [0.5, 0.6) is 5.88 Å². The molecule has 1 fully saturated rings. The van der Waals surface area contributed by atoms with E-state index in [4.69, 9.17) is 16.3 Å². The molecule has 2 heterocycles. The summed E-state index contributed by atoms with van der Waals surface area (Å²) in [5, 5.41) is 3.50. The van der Waals surface area contributed by atoms with Gasteiger partial charge in [-0.3, -0.25) is 4.79 Å². The summed E-state index contributed by atoms with van der Waals surface area (Å²) < 4.78 is 5.66. The van der Waals surface area contributed by atoms with Crippen molar-refractivity contribution in [2.75, 3.05) is 42.6 Å². The minimum Gasteiger partial charge on any atom is -0.467 e. The van der Waals surface area contributed by atoms with Crippen LogP contribution in [0.1, 0.15) is 11.3 Å². The first kappa shape index (κ1) is 21.9. The van der Waals surface area contributed by atoms with Gasteiger partial charge in [-0.05, 0) is 36.8 Å². The zero-order valence-corrected chi connectivity index (χ0v) is 18.8. The zero-order valence-electron chi connectivity index (χ0n) is 18.0. The van der Waals surface area contributed by atoms with Crippen molar-refractivity contribution in [1.82, 2.24) is 15.3 Å². The van der Waals surface area contributed by atoms with E-state index in [9.17, 15) is 4.79 Å². The van der Waals surface area contributed by atoms with Crippen LogP contribution < -0.4 is 19.9 Å². The van der Waals surface area contributed by atoms with Crippen molar-refractivity contribution in [2.24, 2.45) is 0 Å². The van der Waals surface area contributed by atoms with Gasteiger partial charge >= 0.3 is 0 Å². The average Bonchev–Trinajstić information content (AvgIpc) is 2.83. The SMILES string of the molecule is Cc1cc(OCC(=O)NCc2ccc(Cl)cc2)nc(N2CCN(c3ccccc3)CC2)n1. The van der Waals surface area contributed by atoms with Gasteiger partial charge in [0, 0.05) is 55.2 Å². The second-order valence-corrected chi connectivity index (χ2v) is 8.09. The number of ether oxygens (including phenoxy) is 1. The molecule has 1 saturated heterocycles. The lowest BCUT2D eigenvalue weighted by molar-refractivity contribution is -0.123. The van der Waals surface area contributed by atoms with Crippen molar-refractivity contribution in [3.05, 3.63) is 76.9 Å². The molecule has 2 aromatic carbocycles. The van der Waals surface area contributed by atoms with Gasteiger partial charge in [-0.25, -0.2) is 4.98 Å². The summed E-state index contributed by atoms with van der Waals surface area (Å²) in [6.07, 6.45) is 0. The summed E-state index contributed by atoms with van der Waals surface area (Å²) >= 11 is 5.88. The Kier molecular flexibility index (Phi) is 7.07. The lowest BCUT2D eigenvalue weighted by Crippen LogP contribution is -2.47. The molecular weight excluding hydrogens is 426 g/mol. The van der Waals surface area contributed by atoms with Crippen molar-refractivity contribution >= 4 is 29.1 Å². The third-order valence-electron chi connectivity index (χ3n) is 5.26. The molecule has 1 aliphatic rings. The number of benzene rings is 2. The Morgan fingerprint density at radius 1 is 1.00 bits per heavy atom. The van der Waals surface area contributed by atoms with Crippen molar-refractivity contribution in [3.8, 4) is 5.88 Å². The number of nitrogens with zero attached hydrogens (tertiary/aromatic N) is 4. The first-order valence-corrected chi connectivity index (χ1v) is 11.0. The summed E-state index contributed by atoms with van der Waals surface area (Å²) in [4.78, 5) is 25.8. The smallest absolute Gasteiger partial charge is 0.258 e. The number of nitrogens with one attached hydrogen (secondary N) is 1. The van der Waals surface area contributed by atoms with Gasteiger partial charge in [-0.15, -0.1) is 0 Å². The number of hydrogen-bond acceptors (Lipinski definition) is 6. The van der Waals surface area contributed by atoms with E-state index in [1.54, 1.807) is 18.2 Å². The molecule has 4 rings (SSSR count). The van der Waals surface area contributed by atoms with Gasteiger partial charge in [0.05, 0.1) is 0 Å². The van der Waals surface area contributed by atoms with E-state index in [0.29, 0.717) is 23.4 Å². The minimum atomic E-state index is -0.214. The van der Waals surface area contributed by atoms with Crippen LogP contribution in [0, 0.1) is 6.92 Å². The molecule has 0 unspecified atom stereocenters. The first-order chi connectivity index (χ1) is 15.6. The average molecular weight is 452 g/mol. The number of hydrogen-bond donors (Lipinski definition) is 1. The van der Waals surface area contributed by atoms with Crippen LogP contribution in [-0.4, -0.2) is 48.7 Å². The molecule has 32 heavy (non-hydrogen) atoms. The van der Waals surface area contributed by atoms with Crippen LogP contribution >= 0.6 is 11.6 Å². The Morgan fingerprint density at radius 3 is 2.41 bits per heavy atom. The highest BCUT2D eigenvalue weighted by Gasteiger charge is 2.20. The number of amides is 1. The van der Waals surface area contributed by atoms with Crippen molar-refractivity contribution in [2.45, 2.75) is 13.5 Å². The van der Waals surface area contributed by atoms with Gasteiger partial charge in [-0.2, -0.15) is 4.98 Å². The molecule has 0 saturated carbocycles. The summed E-state index contributed by atoms with van der Waals surface area (Å²) in [5.74, 6) is 0.822. The first-order valence-electron chi connectivity index (χ1n) is 10.6. The van der Waals surface area contributed by atoms with E-state index < -0.39 is 0 Å². The monoisotopic (exact) mass is 451 g/mol. The van der Waals surface area contributed by atoms with Crippen LogP contribution in [-0.2, 0) is 11.3 Å². The fourth-order valence-electron chi connectivity index (χ4n) is 3.54. The van der Waals surface area contributed by atoms with E-state index in [1.165, 1.54) is 5.69 Å². The standard InChI is InChI=1S/C24H26ClN5O2/c1-18-15-23(32-17-22(31)26-16-19-7-9-20(25)10-8-19)28-24(27-18)30-13-11-29(12-14-30)21-5-3-2-4-6-21/h2-10,15H,11-14,16-17H2,1H3,(H,26,31). The maximum absolute atomic E-state index is 12.2. The van der Waals surface area contributed by atoms with Crippen molar-refractivity contribution in [1.29, 1.82) is 0 Å².